The third-order valence-corrected chi connectivity index (χ3v) is 4.02. The van der Waals surface area contributed by atoms with Crippen LogP contribution in [0.25, 0.3) is 11.1 Å². The van der Waals surface area contributed by atoms with Gasteiger partial charge in [0.25, 0.3) is 0 Å². The van der Waals surface area contributed by atoms with Crippen molar-refractivity contribution in [3.8, 4) is 16.9 Å². The number of aromatic nitrogens is 2. The molecule has 29 heavy (non-hydrogen) atoms. The fourth-order valence-electron chi connectivity index (χ4n) is 2.62. The minimum atomic E-state index is -4.81. The lowest BCUT2D eigenvalue weighted by atomic mass is 10.0. The van der Waals surface area contributed by atoms with E-state index in [0.29, 0.717) is 0 Å². The highest BCUT2D eigenvalue weighted by molar-refractivity contribution is 5.92. The molecule has 0 spiro atoms. The monoisotopic (exact) mass is 411 g/mol. The van der Waals surface area contributed by atoms with Gasteiger partial charge in [0.2, 0.25) is 5.69 Å². The van der Waals surface area contributed by atoms with Crippen molar-refractivity contribution >= 4 is 11.8 Å². The number of hydrogen-bond donors (Lipinski definition) is 1. The van der Waals surface area contributed by atoms with E-state index in [-0.39, 0.29) is 22.4 Å². The van der Waals surface area contributed by atoms with E-state index in [1.807, 2.05) is 0 Å². The summed E-state index contributed by atoms with van der Waals surface area (Å²) in [5, 5.41) is 5.53. The van der Waals surface area contributed by atoms with Crippen molar-refractivity contribution in [1.82, 2.24) is 9.78 Å². The lowest BCUT2D eigenvalue weighted by molar-refractivity contribution is -0.142. The molecule has 152 valence electrons. The minimum absolute atomic E-state index is 0.0950. The van der Waals surface area contributed by atoms with Gasteiger partial charge < -0.3 is 4.74 Å². The molecule has 1 amide bonds. The molecule has 0 atom stereocenters. The van der Waals surface area contributed by atoms with Crippen molar-refractivity contribution in [3.05, 3.63) is 65.5 Å². The van der Waals surface area contributed by atoms with E-state index in [2.05, 4.69) is 10.4 Å². The number of rotatable bonds is 3. The summed E-state index contributed by atoms with van der Waals surface area (Å²) >= 11 is 0. The number of carbonyl (C=O) groups excluding carboxylic acids is 1. The highest BCUT2D eigenvalue weighted by atomic mass is 19.4. The van der Waals surface area contributed by atoms with Crippen molar-refractivity contribution in [1.29, 1.82) is 0 Å². The molecule has 5 nitrogen and oxygen atoms in total. The van der Waals surface area contributed by atoms with Gasteiger partial charge in [-0.2, -0.15) is 18.3 Å². The maximum absolute atomic E-state index is 13.9. The van der Waals surface area contributed by atoms with Gasteiger partial charge in [-0.15, -0.1) is 0 Å². The number of nitrogens with one attached hydrogen (secondary N) is 1. The third kappa shape index (κ3) is 4.36. The van der Waals surface area contributed by atoms with Gasteiger partial charge in [0.15, 0.2) is 5.75 Å². The highest BCUT2D eigenvalue weighted by Gasteiger charge is 2.38. The zero-order chi connectivity index (χ0) is 21.3. The summed E-state index contributed by atoms with van der Waals surface area (Å²) in [5.74, 6) is -2.33. The number of anilines is 1. The van der Waals surface area contributed by atoms with Crippen LogP contribution in [0.4, 0.5) is 32.4 Å². The maximum atomic E-state index is 13.9. The van der Waals surface area contributed by atoms with Crippen LogP contribution in [0.1, 0.15) is 11.3 Å². The van der Waals surface area contributed by atoms with Crippen molar-refractivity contribution in [3.63, 3.8) is 0 Å². The first kappa shape index (κ1) is 20.3. The quantitative estimate of drug-likeness (QED) is 0.595. The maximum Gasteiger partial charge on any atom is 0.438 e. The van der Waals surface area contributed by atoms with Gasteiger partial charge in [-0.05, 0) is 30.7 Å². The molecule has 0 fully saturated rings. The molecule has 10 heteroatoms. The first-order chi connectivity index (χ1) is 13.6. The first-order valence-electron chi connectivity index (χ1n) is 8.21. The van der Waals surface area contributed by atoms with Crippen molar-refractivity contribution in [2.75, 3.05) is 5.32 Å². The molecule has 2 aromatic carbocycles. The number of hydrogen-bond acceptors (Lipinski definition) is 3. The molecular formula is C19H14F5N3O2. The number of aryl methyl sites for hydroxylation is 1. The second kappa shape index (κ2) is 7.53. The van der Waals surface area contributed by atoms with E-state index in [1.54, 1.807) is 6.07 Å². The number of amides is 1. The topological polar surface area (TPSA) is 56.1 Å². The summed E-state index contributed by atoms with van der Waals surface area (Å²) in [5.41, 5.74) is -1.03. The average molecular weight is 411 g/mol. The standard InChI is InChI=1S/C19H14F5N3O2/c1-10-13(20)7-11(8-14(10)21)12-5-3-4-6-15(12)25-18(28)29-16-9-27(2)26-17(16)19(22,23)24/h3-9H,1-2H3,(H,25,28). The van der Waals surface area contributed by atoms with E-state index < -0.39 is 35.3 Å². The number of para-hydroxylation sites is 1. The molecular weight excluding hydrogens is 397 g/mol. The zero-order valence-corrected chi connectivity index (χ0v) is 15.1. The Morgan fingerprint density at radius 2 is 1.76 bits per heavy atom. The normalized spacial score (nSPS) is 11.4. The molecule has 0 aliphatic rings. The van der Waals surface area contributed by atoms with Crippen LogP contribution in [0.3, 0.4) is 0 Å². The fraction of sp³-hybridized carbons (Fsp3) is 0.158. The van der Waals surface area contributed by atoms with E-state index in [0.717, 1.165) is 23.0 Å². The number of nitrogens with zero attached hydrogens (tertiary/aromatic N) is 2. The van der Waals surface area contributed by atoms with E-state index in [1.165, 1.54) is 32.2 Å². The van der Waals surface area contributed by atoms with Crippen LogP contribution >= 0.6 is 0 Å². The second-order valence-corrected chi connectivity index (χ2v) is 6.14. The number of carbonyl (C=O) groups is 1. The molecule has 0 saturated carbocycles. The van der Waals surface area contributed by atoms with Gasteiger partial charge in [-0.1, -0.05) is 18.2 Å². The van der Waals surface area contributed by atoms with Gasteiger partial charge in [-0.3, -0.25) is 10.00 Å². The summed E-state index contributed by atoms with van der Waals surface area (Å²) < 4.78 is 72.3. The summed E-state index contributed by atoms with van der Waals surface area (Å²) in [6, 6.07) is 8.19. The Balaban J connectivity index is 1.88. The third-order valence-electron chi connectivity index (χ3n) is 4.02. The summed E-state index contributed by atoms with van der Waals surface area (Å²) in [7, 11) is 1.25. The Bertz CT molecular complexity index is 1050. The van der Waals surface area contributed by atoms with Gasteiger partial charge in [0.1, 0.15) is 11.6 Å². The SMILES string of the molecule is Cc1c(F)cc(-c2ccccc2NC(=O)Oc2cn(C)nc2C(F)(F)F)cc1F. The van der Waals surface area contributed by atoms with Crippen LogP contribution in [0.15, 0.2) is 42.6 Å². The van der Waals surface area contributed by atoms with Crippen LogP contribution in [0, 0.1) is 18.6 Å². The zero-order valence-electron chi connectivity index (χ0n) is 15.1. The Morgan fingerprint density at radius 1 is 1.14 bits per heavy atom. The van der Waals surface area contributed by atoms with E-state index in [9.17, 15) is 26.7 Å². The number of halogens is 5. The largest absolute Gasteiger partial charge is 0.438 e. The lowest BCUT2D eigenvalue weighted by Crippen LogP contribution is -2.19. The molecule has 0 aliphatic carbocycles. The average Bonchev–Trinajstić information content (AvgIpc) is 3.00. The molecule has 0 saturated heterocycles. The smallest absolute Gasteiger partial charge is 0.406 e. The molecule has 1 heterocycles. The molecule has 0 aliphatic heterocycles. The predicted octanol–water partition coefficient (Wildman–Crippen LogP) is 5.30. The van der Waals surface area contributed by atoms with E-state index >= 15 is 0 Å². The van der Waals surface area contributed by atoms with Crippen LogP contribution < -0.4 is 10.1 Å². The summed E-state index contributed by atoms with van der Waals surface area (Å²) in [6.07, 6.45) is -5.13. The molecule has 0 bridgehead atoms. The first-order valence-corrected chi connectivity index (χ1v) is 8.21. The van der Waals surface area contributed by atoms with Gasteiger partial charge in [0.05, 0.1) is 11.9 Å². The second-order valence-electron chi connectivity index (χ2n) is 6.14. The Kier molecular flexibility index (Phi) is 5.27. The summed E-state index contributed by atoms with van der Waals surface area (Å²) in [4.78, 5) is 12.2. The molecule has 0 radical (unpaired) electrons. The van der Waals surface area contributed by atoms with Gasteiger partial charge in [-0.25, -0.2) is 13.6 Å². The Morgan fingerprint density at radius 3 is 2.38 bits per heavy atom. The van der Waals surface area contributed by atoms with E-state index in [4.69, 9.17) is 4.74 Å². The van der Waals surface area contributed by atoms with Crippen molar-refractivity contribution in [2.24, 2.45) is 7.05 Å². The number of ether oxygens (including phenoxy) is 1. The number of benzene rings is 2. The molecule has 1 N–H and O–H groups in total. The van der Waals surface area contributed by atoms with Crippen molar-refractivity contribution < 1.29 is 31.5 Å². The molecule has 0 unspecified atom stereocenters. The number of alkyl halides is 3. The van der Waals surface area contributed by atoms with Gasteiger partial charge >= 0.3 is 12.3 Å². The Hall–Kier alpha value is -3.43. The molecule has 3 rings (SSSR count). The van der Waals surface area contributed by atoms with Crippen molar-refractivity contribution in [2.45, 2.75) is 13.1 Å². The van der Waals surface area contributed by atoms with Crippen LogP contribution in [0.5, 0.6) is 5.75 Å². The van der Waals surface area contributed by atoms with Crippen LogP contribution in [-0.4, -0.2) is 15.9 Å². The van der Waals surface area contributed by atoms with Crippen LogP contribution in [0.2, 0.25) is 0 Å². The van der Waals surface area contributed by atoms with Crippen LogP contribution in [-0.2, 0) is 13.2 Å². The van der Waals surface area contributed by atoms with Gasteiger partial charge in [0, 0.05) is 18.2 Å². The summed E-state index contributed by atoms with van der Waals surface area (Å²) in [6.45, 7) is 1.28. The fourth-order valence-corrected chi connectivity index (χ4v) is 2.62. The highest BCUT2D eigenvalue weighted by Crippen LogP contribution is 2.35. The Labute approximate surface area is 161 Å². The molecule has 3 aromatic rings. The minimum Gasteiger partial charge on any atom is -0.406 e. The predicted molar refractivity (Wildman–Crippen MR) is 94.4 cm³/mol. The lowest BCUT2D eigenvalue weighted by Gasteiger charge is -2.13. The molecule has 1 aromatic heterocycles.